The number of para-hydroxylation sites is 2. The minimum absolute atomic E-state index is 0.0433. The van der Waals surface area contributed by atoms with Crippen molar-refractivity contribution in [2.75, 3.05) is 17.3 Å². The summed E-state index contributed by atoms with van der Waals surface area (Å²) in [5.41, 5.74) is 4.51. The fraction of sp³-hybridized carbons (Fsp3) is 0.111. The van der Waals surface area contributed by atoms with Gasteiger partial charge in [0.15, 0.2) is 0 Å². The molecule has 6 heteroatoms. The second kappa shape index (κ2) is 9.38. The number of anilines is 2. The number of carbonyl (C=O) groups is 1. The number of thioether (sulfide) groups is 1. The molecule has 0 saturated carbocycles. The number of ether oxygens (including phenoxy) is 1. The number of carbonyl (C=O) groups excluding carboxylic acids is 1. The van der Waals surface area contributed by atoms with E-state index in [1.54, 1.807) is 25.1 Å². The summed E-state index contributed by atoms with van der Waals surface area (Å²) in [6, 6.07) is 29.3. The van der Waals surface area contributed by atoms with Crippen LogP contribution in [0.2, 0.25) is 0 Å². The first-order chi connectivity index (χ1) is 16.2. The lowest BCUT2D eigenvalue weighted by Gasteiger charge is -2.26. The molecule has 0 fully saturated rings. The van der Waals surface area contributed by atoms with Gasteiger partial charge in [-0.3, -0.25) is 9.69 Å². The number of methoxy groups -OCH3 is 1. The number of rotatable bonds is 6. The number of hydrogen-bond acceptors (Lipinski definition) is 5. The molecule has 0 bridgehead atoms. The first-order valence-corrected chi connectivity index (χ1v) is 11.7. The second-order valence-corrected chi connectivity index (χ2v) is 8.63. The quantitative estimate of drug-likeness (QED) is 0.355. The summed E-state index contributed by atoms with van der Waals surface area (Å²) in [6.45, 7) is 0. The first-order valence-electron chi connectivity index (χ1n) is 10.7. The third kappa shape index (κ3) is 4.30. The van der Waals surface area contributed by atoms with Crippen LogP contribution in [0.15, 0.2) is 102 Å². The van der Waals surface area contributed by atoms with Gasteiger partial charge in [0.05, 0.1) is 23.5 Å². The molecular formula is C27H23N3O2S. The van der Waals surface area contributed by atoms with Gasteiger partial charge in [0.25, 0.3) is 5.91 Å². The van der Waals surface area contributed by atoms with E-state index in [4.69, 9.17) is 4.74 Å². The Bertz CT molecular complexity index is 1260. The van der Waals surface area contributed by atoms with E-state index in [9.17, 15) is 4.79 Å². The van der Waals surface area contributed by atoms with Crippen LogP contribution in [-0.4, -0.2) is 18.0 Å². The normalized spacial score (nSPS) is 14.5. The number of nitrogens with one attached hydrogen (secondary N) is 1. The molecule has 0 saturated heterocycles. The Morgan fingerprint density at radius 2 is 1.79 bits per heavy atom. The summed E-state index contributed by atoms with van der Waals surface area (Å²) in [4.78, 5) is 19.8. The molecular weight excluding hydrogens is 430 g/mol. The molecule has 3 aromatic carbocycles. The lowest BCUT2D eigenvalue weighted by Crippen LogP contribution is -2.34. The van der Waals surface area contributed by atoms with Gasteiger partial charge in [0.1, 0.15) is 11.9 Å². The number of benzene rings is 3. The number of pyridine rings is 1. The molecule has 1 aliphatic rings. The lowest BCUT2D eigenvalue weighted by molar-refractivity contribution is 0.0981. The van der Waals surface area contributed by atoms with Gasteiger partial charge in [-0.15, -0.1) is 11.8 Å². The van der Waals surface area contributed by atoms with Crippen LogP contribution in [0.1, 0.15) is 27.7 Å². The molecule has 1 aromatic heterocycles. The zero-order chi connectivity index (χ0) is 22.6. The molecule has 4 aromatic rings. The highest BCUT2D eigenvalue weighted by Crippen LogP contribution is 2.43. The molecule has 0 spiro atoms. The Hall–Kier alpha value is -3.77. The smallest absolute Gasteiger partial charge is 0.260 e. The van der Waals surface area contributed by atoms with E-state index in [0.29, 0.717) is 11.3 Å². The lowest BCUT2D eigenvalue weighted by atomic mass is 10.1. The van der Waals surface area contributed by atoms with Crippen molar-refractivity contribution in [2.24, 2.45) is 0 Å². The molecule has 1 unspecified atom stereocenters. The van der Waals surface area contributed by atoms with Gasteiger partial charge in [0, 0.05) is 23.1 Å². The van der Waals surface area contributed by atoms with Crippen LogP contribution in [0.25, 0.3) is 0 Å². The van der Waals surface area contributed by atoms with E-state index in [0.717, 1.165) is 33.3 Å². The topological polar surface area (TPSA) is 54.5 Å². The second-order valence-electron chi connectivity index (χ2n) is 7.63. The minimum Gasteiger partial charge on any atom is -0.496 e. The van der Waals surface area contributed by atoms with Crippen molar-refractivity contribution in [3.63, 3.8) is 0 Å². The predicted molar refractivity (Wildman–Crippen MR) is 133 cm³/mol. The SMILES string of the molecule is COc1ccc(C2Nc3ccccc3N2C(=O)c2ccccc2)cc1CSc1ccccn1. The van der Waals surface area contributed by atoms with Crippen molar-refractivity contribution in [1.29, 1.82) is 0 Å². The van der Waals surface area contributed by atoms with Crippen molar-refractivity contribution >= 4 is 29.0 Å². The number of nitrogens with zero attached hydrogens (tertiary/aromatic N) is 2. The summed E-state index contributed by atoms with van der Waals surface area (Å²) in [6.07, 6.45) is 1.47. The molecule has 164 valence electrons. The molecule has 1 N–H and O–H groups in total. The highest BCUT2D eigenvalue weighted by atomic mass is 32.2. The monoisotopic (exact) mass is 453 g/mol. The van der Waals surface area contributed by atoms with Gasteiger partial charge in [0.2, 0.25) is 0 Å². The van der Waals surface area contributed by atoms with Gasteiger partial charge < -0.3 is 10.1 Å². The van der Waals surface area contributed by atoms with Crippen molar-refractivity contribution in [3.05, 3.63) is 114 Å². The summed E-state index contributed by atoms with van der Waals surface area (Å²) in [5.74, 6) is 1.48. The van der Waals surface area contributed by atoms with Gasteiger partial charge in [-0.2, -0.15) is 0 Å². The highest BCUT2D eigenvalue weighted by Gasteiger charge is 2.35. The van der Waals surface area contributed by atoms with Crippen LogP contribution in [0, 0.1) is 0 Å². The molecule has 2 heterocycles. The van der Waals surface area contributed by atoms with Crippen LogP contribution in [0.5, 0.6) is 5.75 Å². The Kier molecular flexibility index (Phi) is 6.00. The Morgan fingerprint density at radius 1 is 1.00 bits per heavy atom. The Balaban J connectivity index is 1.50. The fourth-order valence-electron chi connectivity index (χ4n) is 4.00. The number of fused-ring (bicyclic) bond motifs is 1. The van der Waals surface area contributed by atoms with E-state index < -0.39 is 0 Å². The maximum atomic E-state index is 13.6. The molecule has 5 nitrogen and oxygen atoms in total. The van der Waals surface area contributed by atoms with E-state index in [1.807, 2.05) is 89.8 Å². The summed E-state index contributed by atoms with van der Waals surface area (Å²) in [7, 11) is 1.68. The highest BCUT2D eigenvalue weighted by molar-refractivity contribution is 7.98. The van der Waals surface area contributed by atoms with Gasteiger partial charge in [-0.05, 0) is 54.1 Å². The Labute approximate surface area is 197 Å². The Morgan fingerprint density at radius 3 is 2.58 bits per heavy atom. The number of aromatic nitrogens is 1. The molecule has 5 rings (SSSR count). The van der Waals surface area contributed by atoms with Gasteiger partial charge >= 0.3 is 0 Å². The van der Waals surface area contributed by atoms with E-state index in [2.05, 4.69) is 16.4 Å². The van der Waals surface area contributed by atoms with Crippen LogP contribution < -0.4 is 15.0 Å². The first kappa shape index (κ1) is 21.1. The van der Waals surface area contributed by atoms with Crippen LogP contribution >= 0.6 is 11.8 Å². The van der Waals surface area contributed by atoms with E-state index in [-0.39, 0.29) is 12.1 Å². The van der Waals surface area contributed by atoms with E-state index in [1.165, 1.54) is 0 Å². The summed E-state index contributed by atoms with van der Waals surface area (Å²) < 4.78 is 5.62. The van der Waals surface area contributed by atoms with Gasteiger partial charge in [-0.25, -0.2) is 4.98 Å². The van der Waals surface area contributed by atoms with Crippen LogP contribution in [0.3, 0.4) is 0 Å². The molecule has 1 aliphatic heterocycles. The maximum Gasteiger partial charge on any atom is 0.260 e. The number of hydrogen-bond donors (Lipinski definition) is 1. The fourth-order valence-corrected chi connectivity index (χ4v) is 4.84. The molecule has 33 heavy (non-hydrogen) atoms. The largest absolute Gasteiger partial charge is 0.496 e. The molecule has 1 atom stereocenters. The molecule has 1 amide bonds. The van der Waals surface area contributed by atoms with Gasteiger partial charge in [-0.1, -0.05) is 42.5 Å². The third-order valence-electron chi connectivity index (χ3n) is 5.59. The zero-order valence-corrected chi connectivity index (χ0v) is 19.0. The number of amides is 1. The average molecular weight is 454 g/mol. The zero-order valence-electron chi connectivity index (χ0n) is 18.1. The predicted octanol–water partition coefficient (Wildman–Crippen LogP) is 6.15. The summed E-state index contributed by atoms with van der Waals surface area (Å²) in [5, 5.41) is 4.49. The molecule has 0 radical (unpaired) electrons. The molecule has 0 aliphatic carbocycles. The van der Waals surface area contributed by atoms with Crippen LogP contribution in [-0.2, 0) is 5.75 Å². The van der Waals surface area contributed by atoms with Crippen molar-refractivity contribution in [1.82, 2.24) is 4.98 Å². The van der Waals surface area contributed by atoms with Crippen molar-refractivity contribution in [3.8, 4) is 5.75 Å². The van der Waals surface area contributed by atoms with E-state index >= 15 is 0 Å². The van der Waals surface area contributed by atoms with Crippen molar-refractivity contribution in [2.45, 2.75) is 16.9 Å². The standard InChI is InChI=1S/C27H23N3O2S/c1-32-24-15-14-20(17-21(24)18-33-25-13-7-8-16-28-25)26-29-22-11-5-6-12-23(22)30(26)27(31)19-9-3-2-4-10-19/h2-17,26,29H,18H2,1H3. The third-order valence-corrected chi connectivity index (χ3v) is 6.58. The van der Waals surface area contributed by atoms with Crippen molar-refractivity contribution < 1.29 is 9.53 Å². The minimum atomic E-state index is -0.320. The average Bonchev–Trinajstić information content (AvgIpc) is 3.27. The maximum absolute atomic E-state index is 13.6. The van der Waals surface area contributed by atoms with Crippen LogP contribution in [0.4, 0.5) is 11.4 Å². The summed E-state index contributed by atoms with van der Waals surface area (Å²) >= 11 is 1.65.